The van der Waals surface area contributed by atoms with Crippen LogP contribution in [0.3, 0.4) is 0 Å². The Kier molecular flexibility index (Phi) is 4.31. The smallest absolute Gasteiger partial charge is 0.261 e. The molecule has 0 unspecified atom stereocenters. The first-order chi connectivity index (χ1) is 11.0. The maximum absolute atomic E-state index is 11.7. The van der Waals surface area contributed by atoms with Gasteiger partial charge in [0.15, 0.2) is 5.82 Å². The standard InChI is InChI=1S/C14H19N5O3S/c1-3-23(20,21)19-8-11(9-19)7-16-13-12(5-4-6-15-13)14-17-10(2)18-22-14/h4-6,11H,3,7-9H2,1-2H3,(H,15,16). The number of anilines is 1. The molecular formula is C14H19N5O3S. The minimum absolute atomic E-state index is 0.147. The molecule has 1 saturated heterocycles. The van der Waals surface area contributed by atoms with Gasteiger partial charge in [-0.3, -0.25) is 0 Å². The Morgan fingerprint density at radius 2 is 2.22 bits per heavy atom. The van der Waals surface area contributed by atoms with Gasteiger partial charge in [0, 0.05) is 31.7 Å². The van der Waals surface area contributed by atoms with E-state index in [1.165, 1.54) is 4.31 Å². The summed E-state index contributed by atoms with van der Waals surface area (Å²) in [5.74, 6) is 2.06. The van der Waals surface area contributed by atoms with Crippen LogP contribution in [0, 0.1) is 12.8 Å². The largest absolute Gasteiger partial charge is 0.369 e. The van der Waals surface area contributed by atoms with E-state index in [1.807, 2.05) is 6.07 Å². The fraction of sp³-hybridized carbons (Fsp3) is 0.500. The lowest BCUT2D eigenvalue weighted by Gasteiger charge is -2.38. The second-order valence-electron chi connectivity index (χ2n) is 5.51. The van der Waals surface area contributed by atoms with E-state index in [1.54, 1.807) is 26.1 Å². The second kappa shape index (κ2) is 6.25. The predicted octanol–water partition coefficient (Wildman–Crippen LogP) is 1.13. The monoisotopic (exact) mass is 337 g/mol. The molecule has 1 aliphatic rings. The molecule has 23 heavy (non-hydrogen) atoms. The van der Waals surface area contributed by atoms with Crippen LogP contribution in [0.1, 0.15) is 12.7 Å². The van der Waals surface area contributed by atoms with Crippen LogP contribution in [0.2, 0.25) is 0 Å². The third-order valence-electron chi connectivity index (χ3n) is 3.81. The minimum Gasteiger partial charge on any atom is -0.369 e. The van der Waals surface area contributed by atoms with E-state index in [0.717, 1.165) is 5.56 Å². The average Bonchev–Trinajstić information content (AvgIpc) is 2.92. The van der Waals surface area contributed by atoms with Gasteiger partial charge in [-0.2, -0.15) is 4.98 Å². The van der Waals surface area contributed by atoms with E-state index < -0.39 is 10.0 Å². The number of sulfonamides is 1. The van der Waals surface area contributed by atoms with Crippen molar-refractivity contribution >= 4 is 15.8 Å². The highest BCUT2D eigenvalue weighted by Gasteiger charge is 2.34. The molecule has 0 bridgehead atoms. The maximum Gasteiger partial charge on any atom is 0.261 e. The Bertz CT molecular complexity index is 783. The van der Waals surface area contributed by atoms with E-state index in [9.17, 15) is 8.42 Å². The summed E-state index contributed by atoms with van der Waals surface area (Å²) in [5, 5.41) is 7.04. The van der Waals surface area contributed by atoms with Crippen molar-refractivity contribution in [2.24, 2.45) is 5.92 Å². The molecule has 0 atom stereocenters. The summed E-state index contributed by atoms with van der Waals surface area (Å²) in [5.41, 5.74) is 0.741. The summed E-state index contributed by atoms with van der Waals surface area (Å²) in [6.45, 7) is 5.16. The lowest BCUT2D eigenvalue weighted by molar-refractivity contribution is 0.212. The van der Waals surface area contributed by atoms with Gasteiger partial charge in [-0.1, -0.05) is 5.16 Å². The molecule has 124 valence electrons. The number of aryl methyl sites for hydroxylation is 1. The minimum atomic E-state index is -3.07. The average molecular weight is 337 g/mol. The number of nitrogens with zero attached hydrogens (tertiary/aromatic N) is 4. The summed E-state index contributed by atoms with van der Waals surface area (Å²) < 4.78 is 30.1. The molecule has 0 aromatic carbocycles. The van der Waals surface area contributed by atoms with Crippen LogP contribution in [0.4, 0.5) is 5.82 Å². The normalized spacial score (nSPS) is 16.3. The molecule has 0 saturated carbocycles. The van der Waals surface area contributed by atoms with Crippen LogP contribution in [0.25, 0.3) is 11.5 Å². The van der Waals surface area contributed by atoms with Gasteiger partial charge in [-0.15, -0.1) is 0 Å². The third-order valence-corrected chi connectivity index (χ3v) is 5.62. The molecule has 2 aromatic rings. The summed E-state index contributed by atoms with van der Waals surface area (Å²) in [4.78, 5) is 8.52. The topological polar surface area (TPSA) is 101 Å². The van der Waals surface area contributed by atoms with E-state index in [-0.39, 0.29) is 11.7 Å². The van der Waals surface area contributed by atoms with E-state index in [2.05, 4.69) is 20.4 Å². The van der Waals surface area contributed by atoms with Gasteiger partial charge in [-0.05, 0) is 26.0 Å². The zero-order chi connectivity index (χ0) is 16.4. The Balaban J connectivity index is 1.62. The maximum atomic E-state index is 11.7. The number of aromatic nitrogens is 3. The van der Waals surface area contributed by atoms with Crippen molar-refractivity contribution in [2.45, 2.75) is 13.8 Å². The third kappa shape index (κ3) is 3.35. The van der Waals surface area contributed by atoms with Gasteiger partial charge in [0.25, 0.3) is 5.89 Å². The van der Waals surface area contributed by atoms with Crippen molar-refractivity contribution in [1.29, 1.82) is 0 Å². The predicted molar refractivity (Wildman–Crippen MR) is 85.3 cm³/mol. The van der Waals surface area contributed by atoms with Crippen molar-refractivity contribution in [2.75, 3.05) is 30.7 Å². The van der Waals surface area contributed by atoms with Crippen LogP contribution >= 0.6 is 0 Å². The Morgan fingerprint density at radius 1 is 1.43 bits per heavy atom. The quantitative estimate of drug-likeness (QED) is 0.843. The van der Waals surface area contributed by atoms with E-state index in [0.29, 0.717) is 37.2 Å². The Hall–Kier alpha value is -2.00. The van der Waals surface area contributed by atoms with Crippen LogP contribution in [-0.2, 0) is 10.0 Å². The molecule has 9 heteroatoms. The molecule has 1 N–H and O–H groups in total. The molecule has 8 nitrogen and oxygen atoms in total. The number of hydrogen-bond acceptors (Lipinski definition) is 7. The number of rotatable bonds is 6. The highest BCUT2D eigenvalue weighted by atomic mass is 32.2. The summed E-state index contributed by atoms with van der Waals surface area (Å²) >= 11 is 0. The van der Waals surface area contributed by atoms with Crippen LogP contribution in [0.15, 0.2) is 22.9 Å². The molecule has 0 aliphatic carbocycles. The molecule has 2 aromatic heterocycles. The molecular weight excluding hydrogens is 318 g/mol. The molecule has 3 heterocycles. The lowest BCUT2D eigenvalue weighted by atomic mass is 10.0. The first kappa shape index (κ1) is 15.9. The number of pyridine rings is 1. The van der Waals surface area contributed by atoms with Gasteiger partial charge in [-0.25, -0.2) is 17.7 Å². The summed E-state index contributed by atoms with van der Waals surface area (Å²) in [7, 11) is -3.07. The van der Waals surface area contributed by atoms with E-state index >= 15 is 0 Å². The van der Waals surface area contributed by atoms with Gasteiger partial charge in [0.05, 0.1) is 11.3 Å². The zero-order valence-electron chi connectivity index (χ0n) is 13.1. The molecule has 0 amide bonds. The summed E-state index contributed by atoms with van der Waals surface area (Å²) in [6.07, 6.45) is 1.68. The van der Waals surface area contributed by atoms with Crippen molar-refractivity contribution in [3.05, 3.63) is 24.2 Å². The molecule has 3 rings (SSSR count). The van der Waals surface area contributed by atoms with Crippen molar-refractivity contribution in [3.8, 4) is 11.5 Å². The SMILES string of the molecule is CCS(=O)(=O)N1CC(CNc2ncccc2-c2nc(C)no2)C1. The van der Waals surface area contributed by atoms with E-state index in [4.69, 9.17) is 4.52 Å². The van der Waals surface area contributed by atoms with Crippen LogP contribution in [-0.4, -0.2) is 53.2 Å². The highest BCUT2D eigenvalue weighted by Crippen LogP contribution is 2.26. The fourth-order valence-corrected chi connectivity index (χ4v) is 3.67. The van der Waals surface area contributed by atoms with Gasteiger partial charge < -0.3 is 9.84 Å². The molecule has 0 radical (unpaired) electrons. The molecule has 0 spiro atoms. The van der Waals surface area contributed by atoms with Crippen molar-refractivity contribution < 1.29 is 12.9 Å². The van der Waals surface area contributed by atoms with Crippen molar-refractivity contribution in [3.63, 3.8) is 0 Å². The van der Waals surface area contributed by atoms with Crippen molar-refractivity contribution in [1.82, 2.24) is 19.4 Å². The van der Waals surface area contributed by atoms with Crippen LogP contribution in [0.5, 0.6) is 0 Å². The number of nitrogens with one attached hydrogen (secondary N) is 1. The zero-order valence-corrected chi connectivity index (χ0v) is 13.9. The van der Waals surface area contributed by atoms with Gasteiger partial charge in [0.1, 0.15) is 5.82 Å². The fourth-order valence-electron chi connectivity index (χ4n) is 2.43. The first-order valence-corrected chi connectivity index (χ1v) is 9.08. The second-order valence-corrected chi connectivity index (χ2v) is 7.77. The molecule has 1 aliphatic heterocycles. The highest BCUT2D eigenvalue weighted by molar-refractivity contribution is 7.89. The van der Waals surface area contributed by atoms with Crippen LogP contribution < -0.4 is 5.32 Å². The number of hydrogen-bond donors (Lipinski definition) is 1. The Labute approximate surface area is 135 Å². The van der Waals surface area contributed by atoms with Gasteiger partial charge in [0.2, 0.25) is 10.0 Å². The first-order valence-electron chi connectivity index (χ1n) is 7.47. The Morgan fingerprint density at radius 3 is 2.87 bits per heavy atom. The van der Waals surface area contributed by atoms with Gasteiger partial charge >= 0.3 is 0 Å². The lowest BCUT2D eigenvalue weighted by Crippen LogP contribution is -2.52. The molecule has 1 fully saturated rings. The summed E-state index contributed by atoms with van der Waals surface area (Å²) in [6, 6.07) is 3.66.